The molecule has 0 aliphatic heterocycles. The van der Waals surface area contributed by atoms with Gasteiger partial charge in [-0.25, -0.2) is 9.59 Å². The van der Waals surface area contributed by atoms with E-state index in [0.29, 0.717) is 11.8 Å². The molecule has 0 heterocycles. The molecule has 2 bridgehead atoms. The van der Waals surface area contributed by atoms with Crippen molar-refractivity contribution in [1.82, 2.24) is 0 Å². The van der Waals surface area contributed by atoms with Crippen LogP contribution in [0.15, 0.2) is 24.3 Å². The number of ether oxygens (including phenoxy) is 1. The Morgan fingerprint density at radius 3 is 2.43 bits per heavy atom. The number of rotatable bonds is 3. The minimum absolute atomic E-state index is 0.00321. The summed E-state index contributed by atoms with van der Waals surface area (Å²) in [5.41, 5.74) is 0.128. The molecule has 112 valence electrons. The molecule has 2 aliphatic carbocycles. The predicted molar refractivity (Wildman–Crippen MR) is 77.2 cm³/mol. The zero-order chi connectivity index (χ0) is 15.2. The third kappa shape index (κ3) is 2.23. The maximum Gasteiger partial charge on any atom is 0.339 e. The van der Waals surface area contributed by atoms with Crippen LogP contribution in [0.25, 0.3) is 0 Å². The molecule has 4 nitrogen and oxygen atoms in total. The van der Waals surface area contributed by atoms with Crippen molar-refractivity contribution in [3.63, 3.8) is 0 Å². The highest BCUT2D eigenvalue weighted by atomic mass is 16.5. The summed E-state index contributed by atoms with van der Waals surface area (Å²) in [6.45, 7) is 4.30. The van der Waals surface area contributed by atoms with E-state index < -0.39 is 11.9 Å². The van der Waals surface area contributed by atoms with E-state index in [1.54, 1.807) is 12.1 Å². The van der Waals surface area contributed by atoms with Gasteiger partial charge >= 0.3 is 11.9 Å². The van der Waals surface area contributed by atoms with E-state index in [1.165, 1.54) is 18.6 Å². The summed E-state index contributed by atoms with van der Waals surface area (Å²) >= 11 is 0. The highest BCUT2D eigenvalue weighted by Gasteiger charge is 2.54. The van der Waals surface area contributed by atoms with Gasteiger partial charge in [-0.15, -0.1) is 0 Å². The lowest BCUT2D eigenvalue weighted by atomic mass is 9.74. The number of carbonyl (C=O) groups is 2. The van der Waals surface area contributed by atoms with Gasteiger partial charge in [0.1, 0.15) is 6.10 Å². The number of hydrogen-bond donors (Lipinski definition) is 1. The molecule has 2 aliphatic rings. The molecule has 3 atom stereocenters. The van der Waals surface area contributed by atoms with Crippen molar-refractivity contribution in [1.29, 1.82) is 0 Å². The first-order valence-corrected chi connectivity index (χ1v) is 7.44. The number of hydrogen-bond acceptors (Lipinski definition) is 3. The summed E-state index contributed by atoms with van der Waals surface area (Å²) in [6.07, 6.45) is 3.32. The minimum atomic E-state index is -1.10. The lowest BCUT2D eigenvalue weighted by Gasteiger charge is -2.37. The van der Waals surface area contributed by atoms with Crippen molar-refractivity contribution >= 4 is 11.9 Å². The Kier molecular flexibility index (Phi) is 3.27. The van der Waals surface area contributed by atoms with Gasteiger partial charge in [-0.1, -0.05) is 26.0 Å². The number of benzene rings is 1. The third-order valence-corrected chi connectivity index (χ3v) is 5.30. The molecule has 0 radical (unpaired) electrons. The fourth-order valence-corrected chi connectivity index (χ4v) is 4.08. The Balaban J connectivity index is 1.83. The molecule has 3 rings (SSSR count). The maximum atomic E-state index is 12.4. The molecular weight excluding hydrogens is 268 g/mol. The van der Waals surface area contributed by atoms with Crippen LogP contribution in [-0.2, 0) is 4.74 Å². The molecule has 0 saturated heterocycles. The molecule has 1 aromatic carbocycles. The first-order chi connectivity index (χ1) is 9.91. The van der Waals surface area contributed by atoms with Gasteiger partial charge in [0.15, 0.2) is 0 Å². The van der Waals surface area contributed by atoms with Crippen LogP contribution < -0.4 is 0 Å². The van der Waals surface area contributed by atoms with Gasteiger partial charge in [-0.3, -0.25) is 0 Å². The number of aromatic carboxylic acids is 1. The molecule has 3 unspecified atom stereocenters. The SMILES string of the molecule is CC1(C)C2CCC(C2)C1OC(=O)c1ccccc1C(=O)O. The van der Waals surface area contributed by atoms with Gasteiger partial charge in [0, 0.05) is 5.41 Å². The minimum Gasteiger partial charge on any atom is -0.478 e. The Bertz CT molecular complexity index is 590. The third-order valence-electron chi connectivity index (χ3n) is 5.30. The molecule has 21 heavy (non-hydrogen) atoms. The second-order valence-corrected chi connectivity index (χ2v) is 6.77. The van der Waals surface area contributed by atoms with Crippen molar-refractivity contribution in [2.75, 3.05) is 0 Å². The van der Waals surface area contributed by atoms with Crippen LogP contribution in [0, 0.1) is 17.3 Å². The molecule has 1 N–H and O–H groups in total. The maximum absolute atomic E-state index is 12.4. The molecular formula is C17H20O4. The first-order valence-electron chi connectivity index (χ1n) is 7.44. The number of esters is 1. The van der Waals surface area contributed by atoms with Crippen LogP contribution in [0.2, 0.25) is 0 Å². The Morgan fingerprint density at radius 2 is 1.86 bits per heavy atom. The van der Waals surface area contributed by atoms with Gasteiger partial charge in [0.25, 0.3) is 0 Å². The summed E-state index contributed by atoms with van der Waals surface area (Å²) in [7, 11) is 0. The monoisotopic (exact) mass is 288 g/mol. The van der Waals surface area contributed by atoms with Crippen LogP contribution in [0.1, 0.15) is 53.8 Å². The van der Waals surface area contributed by atoms with E-state index in [9.17, 15) is 14.7 Å². The lowest BCUT2D eigenvalue weighted by Crippen LogP contribution is -2.39. The predicted octanol–water partition coefficient (Wildman–Crippen LogP) is 3.37. The normalized spacial score (nSPS) is 29.3. The zero-order valence-corrected chi connectivity index (χ0v) is 12.3. The van der Waals surface area contributed by atoms with Crippen molar-refractivity contribution in [2.24, 2.45) is 17.3 Å². The second kappa shape index (κ2) is 4.86. The second-order valence-electron chi connectivity index (χ2n) is 6.77. The van der Waals surface area contributed by atoms with E-state index in [-0.39, 0.29) is 22.6 Å². The first kappa shape index (κ1) is 14.1. The number of fused-ring (bicyclic) bond motifs is 2. The van der Waals surface area contributed by atoms with E-state index in [4.69, 9.17) is 4.74 Å². The van der Waals surface area contributed by atoms with Crippen LogP contribution in [0.5, 0.6) is 0 Å². The van der Waals surface area contributed by atoms with Gasteiger partial charge in [0.05, 0.1) is 11.1 Å². The molecule has 0 spiro atoms. The molecule has 0 aromatic heterocycles. The molecule has 4 heteroatoms. The number of carboxylic acids is 1. The topological polar surface area (TPSA) is 63.6 Å². The van der Waals surface area contributed by atoms with Crippen LogP contribution >= 0.6 is 0 Å². The van der Waals surface area contributed by atoms with E-state index in [1.807, 2.05) is 0 Å². The summed E-state index contributed by atoms with van der Waals surface area (Å²) in [6, 6.07) is 6.23. The van der Waals surface area contributed by atoms with E-state index >= 15 is 0 Å². The average molecular weight is 288 g/mol. The highest BCUT2D eigenvalue weighted by Crippen LogP contribution is 2.56. The highest BCUT2D eigenvalue weighted by molar-refractivity contribution is 6.02. The zero-order valence-electron chi connectivity index (χ0n) is 12.3. The van der Waals surface area contributed by atoms with Gasteiger partial charge < -0.3 is 9.84 Å². The smallest absolute Gasteiger partial charge is 0.339 e. The number of carbonyl (C=O) groups excluding carboxylic acids is 1. The Labute approximate surface area is 124 Å². The van der Waals surface area contributed by atoms with Crippen molar-refractivity contribution in [3.05, 3.63) is 35.4 Å². The lowest BCUT2D eigenvalue weighted by molar-refractivity contribution is -0.0322. The quantitative estimate of drug-likeness (QED) is 0.866. The van der Waals surface area contributed by atoms with Crippen molar-refractivity contribution in [2.45, 2.75) is 39.2 Å². The van der Waals surface area contributed by atoms with Crippen LogP contribution in [0.4, 0.5) is 0 Å². The van der Waals surface area contributed by atoms with E-state index in [0.717, 1.165) is 12.8 Å². The van der Waals surface area contributed by atoms with Crippen LogP contribution in [-0.4, -0.2) is 23.1 Å². The van der Waals surface area contributed by atoms with Crippen molar-refractivity contribution in [3.8, 4) is 0 Å². The summed E-state index contributed by atoms with van der Waals surface area (Å²) in [4.78, 5) is 23.6. The average Bonchev–Trinajstić information content (AvgIpc) is 3.01. The fourth-order valence-electron chi connectivity index (χ4n) is 4.08. The number of carboxylic acid groups (broad SMARTS) is 1. The summed E-state index contributed by atoms with van der Waals surface area (Å²) in [5, 5.41) is 9.18. The van der Waals surface area contributed by atoms with Gasteiger partial charge in [-0.2, -0.15) is 0 Å². The molecule has 2 saturated carbocycles. The molecule has 0 amide bonds. The molecule has 2 fully saturated rings. The van der Waals surface area contributed by atoms with Gasteiger partial charge in [0.2, 0.25) is 0 Å². The summed E-state index contributed by atoms with van der Waals surface area (Å²) < 4.78 is 5.74. The fraction of sp³-hybridized carbons (Fsp3) is 0.529. The van der Waals surface area contributed by atoms with Gasteiger partial charge in [-0.05, 0) is 43.2 Å². The standard InChI is InChI=1S/C17H20O4/c1-17(2)11-8-7-10(9-11)14(17)21-16(20)13-6-4-3-5-12(13)15(18)19/h3-6,10-11,14H,7-9H2,1-2H3,(H,18,19). The van der Waals surface area contributed by atoms with Crippen molar-refractivity contribution < 1.29 is 19.4 Å². The summed E-state index contributed by atoms with van der Waals surface area (Å²) in [5.74, 6) is -0.589. The Hall–Kier alpha value is -1.84. The Morgan fingerprint density at radius 1 is 1.19 bits per heavy atom. The van der Waals surface area contributed by atoms with Crippen LogP contribution in [0.3, 0.4) is 0 Å². The largest absolute Gasteiger partial charge is 0.478 e. The molecule has 1 aromatic rings. The van der Waals surface area contributed by atoms with E-state index in [2.05, 4.69) is 13.8 Å².